The van der Waals surface area contributed by atoms with E-state index in [1.165, 1.54) is 24.1 Å². The van der Waals surface area contributed by atoms with Gasteiger partial charge < -0.3 is 15.0 Å². The summed E-state index contributed by atoms with van der Waals surface area (Å²) in [6, 6.07) is 19.5. The van der Waals surface area contributed by atoms with Gasteiger partial charge in [0.05, 0.1) is 17.7 Å². The van der Waals surface area contributed by atoms with Crippen molar-refractivity contribution in [1.82, 2.24) is 10.2 Å². The number of ether oxygens (including phenoxy) is 1. The molecule has 0 unspecified atom stereocenters. The lowest BCUT2D eigenvalue weighted by Crippen LogP contribution is -2.51. The molecular formula is C29H34BrN3O5S. The third-order valence-electron chi connectivity index (χ3n) is 6.23. The molecule has 3 aromatic rings. The van der Waals surface area contributed by atoms with E-state index in [0.29, 0.717) is 18.0 Å². The molecule has 1 atom stereocenters. The van der Waals surface area contributed by atoms with E-state index >= 15 is 0 Å². The van der Waals surface area contributed by atoms with Crippen molar-refractivity contribution >= 4 is 43.5 Å². The smallest absolute Gasteiger partial charge is 0.264 e. The third kappa shape index (κ3) is 7.83. The van der Waals surface area contributed by atoms with Crippen LogP contribution in [0, 0.1) is 6.92 Å². The monoisotopic (exact) mass is 615 g/mol. The Labute approximate surface area is 239 Å². The summed E-state index contributed by atoms with van der Waals surface area (Å²) in [5, 5.41) is 2.84. The molecule has 0 saturated heterocycles. The van der Waals surface area contributed by atoms with Crippen LogP contribution in [0.3, 0.4) is 0 Å². The average molecular weight is 617 g/mol. The number of hydrogen-bond donors (Lipinski definition) is 1. The lowest BCUT2D eigenvalue weighted by Gasteiger charge is -2.32. The normalized spacial score (nSPS) is 11.9. The number of anilines is 1. The van der Waals surface area contributed by atoms with Crippen LogP contribution in [0.15, 0.2) is 82.2 Å². The van der Waals surface area contributed by atoms with E-state index in [1.54, 1.807) is 43.3 Å². The molecular weight excluding hydrogens is 582 g/mol. The van der Waals surface area contributed by atoms with Gasteiger partial charge in [0.2, 0.25) is 11.8 Å². The van der Waals surface area contributed by atoms with Crippen LogP contribution in [0.5, 0.6) is 5.75 Å². The van der Waals surface area contributed by atoms with Crippen LogP contribution < -0.4 is 14.4 Å². The molecule has 3 aromatic carbocycles. The standard InChI is InChI=1S/C29H34BrN3O5S/c1-5-18-31-29(35)22(3)32(19-23-8-10-24(30)11-9-23)28(34)20-33(25-12-6-21(2)7-13-25)39(36,37)27-16-14-26(38-4)15-17-27/h6-17,22H,5,18-20H2,1-4H3,(H,31,35)/t22-/m1/s1. The van der Waals surface area contributed by atoms with E-state index in [1.807, 2.05) is 38.1 Å². The van der Waals surface area contributed by atoms with E-state index in [2.05, 4.69) is 21.2 Å². The first-order valence-electron chi connectivity index (χ1n) is 12.6. The van der Waals surface area contributed by atoms with Gasteiger partial charge in [0.15, 0.2) is 0 Å². The van der Waals surface area contributed by atoms with Crippen LogP contribution in [-0.4, -0.2) is 51.4 Å². The van der Waals surface area contributed by atoms with Gasteiger partial charge in [-0.05, 0) is 74.4 Å². The molecule has 3 rings (SSSR count). The van der Waals surface area contributed by atoms with E-state index in [9.17, 15) is 18.0 Å². The quantitative estimate of drug-likeness (QED) is 0.312. The lowest BCUT2D eigenvalue weighted by atomic mass is 10.1. The van der Waals surface area contributed by atoms with Gasteiger partial charge in [-0.2, -0.15) is 0 Å². The van der Waals surface area contributed by atoms with Gasteiger partial charge in [0.25, 0.3) is 10.0 Å². The Kier molecular flexibility index (Phi) is 10.5. The summed E-state index contributed by atoms with van der Waals surface area (Å²) in [7, 11) is -2.64. The number of sulfonamides is 1. The summed E-state index contributed by atoms with van der Waals surface area (Å²) < 4.78 is 34.8. The van der Waals surface area contributed by atoms with E-state index < -0.39 is 28.5 Å². The van der Waals surface area contributed by atoms with Gasteiger partial charge in [-0.15, -0.1) is 0 Å². The molecule has 0 heterocycles. The summed E-state index contributed by atoms with van der Waals surface area (Å²) in [6.45, 7) is 5.62. The van der Waals surface area contributed by atoms with Gasteiger partial charge >= 0.3 is 0 Å². The Morgan fingerprint density at radius 2 is 1.59 bits per heavy atom. The molecule has 0 aliphatic heterocycles. The van der Waals surface area contributed by atoms with Crippen LogP contribution >= 0.6 is 15.9 Å². The fraction of sp³-hybridized carbons (Fsp3) is 0.310. The summed E-state index contributed by atoms with van der Waals surface area (Å²) >= 11 is 3.41. The topological polar surface area (TPSA) is 96.0 Å². The zero-order chi connectivity index (χ0) is 28.6. The molecule has 0 fully saturated rings. The average Bonchev–Trinajstić information content (AvgIpc) is 2.94. The SMILES string of the molecule is CCCNC(=O)[C@@H](C)N(Cc1ccc(Br)cc1)C(=O)CN(c1ccc(C)cc1)S(=O)(=O)c1ccc(OC)cc1. The minimum Gasteiger partial charge on any atom is -0.497 e. The van der Waals surface area contributed by atoms with Gasteiger partial charge in [-0.3, -0.25) is 13.9 Å². The number of aryl methyl sites for hydroxylation is 1. The highest BCUT2D eigenvalue weighted by molar-refractivity contribution is 9.10. The predicted octanol–water partition coefficient (Wildman–Crippen LogP) is 4.90. The largest absolute Gasteiger partial charge is 0.497 e. The second-order valence-corrected chi connectivity index (χ2v) is 11.9. The molecule has 0 radical (unpaired) electrons. The zero-order valence-electron chi connectivity index (χ0n) is 22.6. The first kappa shape index (κ1) is 30.2. The van der Waals surface area contributed by atoms with E-state index in [4.69, 9.17) is 4.74 Å². The van der Waals surface area contributed by atoms with Crippen LogP contribution in [0.1, 0.15) is 31.4 Å². The molecule has 0 saturated carbocycles. The predicted molar refractivity (Wildman–Crippen MR) is 156 cm³/mol. The molecule has 0 aliphatic carbocycles. The van der Waals surface area contributed by atoms with Gasteiger partial charge in [-0.1, -0.05) is 52.7 Å². The summed E-state index contributed by atoms with van der Waals surface area (Å²) in [5.74, 6) is -0.295. The molecule has 1 N–H and O–H groups in total. The fourth-order valence-corrected chi connectivity index (χ4v) is 5.56. The molecule has 10 heteroatoms. The van der Waals surface area contributed by atoms with Crippen LogP contribution in [0.2, 0.25) is 0 Å². The first-order chi connectivity index (χ1) is 18.6. The zero-order valence-corrected chi connectivity index (χ0v) is 25.0. The van der Waals surface area contributed by atoms with Crippen molar-refractivity contribution in [1.29, 1.82) is 0 Å². The Balaban J connectivity index is 2.00. The van der Waals surface area contributed by atoms with Crippen molar-refractivity contribution in [3.05, 3.63) is 88.4 Å². The maximum atomic E-state index is 13.9. The molecule has 0 bridgehead atoms. The number of nitrogens with one attached hydrogen (secondary N) is 1. The number of methoxy groups -OCH3 is 1. The first-order valence-corrected chi connectivity index (χ1v) is 14.8. The summed E-state index contributed by atoms with van der Waals surface area (Å²) in [6.07, 6.45) is 0.750. The highest BCUT2D eigenvalue weighted by atomic mass is 79.9. The molecule has 208 valence electrons. The molecule has 2 amide bonds. The van der Waals surface area contributed by atoms with Gasteiger partial charge in [0, 0.05) is 17.6 Å². The number of carbonyl (C=O) groups excluding carboxylic acids is 2. The number of hydrogen-bond acceptors (Lipinski definition) is 5. The fourth-order valence-electron chi connectivity index (χ4n) is 3.88. The van der Waals surface area contributed by atoms with Crippen molar-refractivity contribution in [3.63, 3.8) is 0 Å². The maximum absolute atomic E-state index is 13.9. The number of carbonyl (C=O) groups is 2. The molecule has 0 spiro atoms. The van der Waals surface area contributed by atoms with Crippen molar-refractivity contribution in [2.45, 2.75) is 44.7 Å². The number of nitrogens with zero attached hydrogens (tertiary/aromatic N) is 2. The van der Waals surface area contributed by atoms with Crippen LogP contribution in [0.4, 0.5) is 5.69 Å². The second-order valence-electron chi connectivity index (χ2n) is 9.14. The highest BCUT2D eigenvalue weighted by Gasteiger charge is 2.32. The van der Waals surface area contributed by atoms with Crippen molar-refractivity contribution in [2.24, 2.45) is 0 Å². The molecule has 39 heavy (non-hydrogen) atoms. The Morgan fingerprint density at radius 1 is 0.974 bits per heavy atom. The number of benzene rings is 3. The minimum atomic E-state index is -4.14. The number of rotatable bonds is 12. The number of amides is 2. The highest BCUT2D eigenvalue weighted by Crippen LogP contribution is 2.26. The van der Waals surface area contributed by atoms with Crippen molar-refractivity contribution in [3.8, 4) is 5.75 Å². The van der Waals surface area contributed by atoms with E-state index in [-0.39, 0.29) is 17.3 Å². The minimum absolute atomic E-state index is 0.0184. The Bertz CT molecular complexity index is 1360. The van der Waals surface area contributed by atoms with E-state index in [0.717, 1.165) is 26.3 Å². The lowest BCUT2D eigenvalue weighted by molar-refractivity contribution is -0.139. The van der Waals surface area contributed by atoms with Crippen molar-refractivity contribution < 1.29 is 22.7 Å². The second kappa shape index (κ2) is 13.6. The Morgan fingerprint density at radius 3 is 2.15 bits per heavy atom. The van der Waals surface area contributed by atoms with Crippen molar-refractivity contribution in [2.75, 3.05) is 24.5 Å². The summed E-state index contributed by atoms with van der Waals surface area (Å²) in [4.78, 5) is 28.2. The number of halogens is 1. The van der Waals surface area contributed by atoms with Gasteiger partial charge in [-0.25, -0.2) is 8.42 Å². The van der Waals surface area contributed by atoms with Gasteiger partial charge in [0.1, 0.15) is 18.3 Å². The van der Waals surface area contributed by atoms with Crippen LogP contribution in [0.25, 0.3) is 0 Å². The third-order valence-corrected chi connectivity index (χ3v) is 8.55. The Hall–Kier alpha value is -3.37. The molecule has 0 aromatic heterocycles. The maximum Gasteiger partial charge on any atom is 0.264 e. The molecule has 8 nitrogen and oxygen atoms in total. The molecule has 0 aliphatic rings. The van der Waals surface area contributed by atoms with Crippen LogP contribution in [-0.2, 0) is 26.2 Å². The summed E-state index contributed by atoms with van der Waals surface area (Å²) in [5.41, 5.74) is 2.10.